The molecule has 8 heteroatoms. The molecule has 0 aromatic heterocycles. The van der Waals surface area contributed by atoms with Crippen molar-refractivity contribution >= 4 is 40.3 Å². The molecule has 1 aliphatic heterocycles. The van der Waals surface area contributed by atoms with Gasteiger partial charge in [0.15, 0.2) is 0 Å². The average Bonchev–Trinajstić information content (AvgIpc) is 3.31. The van der Waals surface area contributed by atoms with Gasteiger partial charge >= 0.3 is 7.12 Å². The molecule has 1 aromatic rings. The van der Waals surface area contributed by atoms with E-state index in [1.807, 2.05) is 45.9 Å². The van der Waals surface area contributed by atoms with Crippen molar-refractivity contribution in [1.29, 1.82) is 0 Å². The van der Waals surface area contributed by atoms with E-state index >= 15 is 4.39 Å². The van der Waals surface area contributed by atoms with E-state index in [9.17, 15) is 0 Å². The first-order valence-electron chi connectivity index (χ1n) is 11.2. The van der Waals surface area contributed by atoms with E-state index in [2.05, 4.69) is 15.9 Å². The van der Waals surface area contributed by atoms with Gasteiger partial charge in [0.05, 0.1) is 21.8 Å². The van der Waals surface area contributed by atoms with Crippen molar-refractivity contribution < 1.29 is 23.2 Å². The summed E-state index contributed by atoms with van der Waals surface area (Å²) in [5.41, 5.74) is -0.266. The molecule has 1 saturated carbocycles. The minimum absolute atomic E-state index is 0.250. The molecule has 1 unspecified atom stereocenters. The zero-order chi connectivity index (χ0) is 23.1. The molecule has 2 fully saturated rings. The van der Waals surface area contributed by atoms with Crippen molar-refractivity contribution in [2.45, 2.75) is 86.9 Å². The van der Waals surface area contributed by atoms with Gasteiger partial charge < -0.3 is 18.8 Å². The lowest BCUT2D eigenvalue weighted by Crippen LogP contribution is -2.41. The van der Waals surface area contributed by atoms with E-state index in [0.717, 1.165) is 23.1 Å². The molecule has 1 saturated heterocycles. The number of hydrogen-bond donors (Lipinski definition) is 0. The van der Waals surface area contributed by atoms with Crippen LogP contribution in [0.15, 0.2) is 45.5 Å². The molecule has 4 rings (SSSR count). The van der Waals surface area contributed by atoms with Gasteiger partial charge in [0.25, 0.3) is 0 Å². The Bertz CT molecular complexity index is 913. The Hall–Kier alpha value is -0.795. The summed E-state index contributed by atoms with van der Waals surface area (Å²) in [5.74, 6) is 0.543. The zero-order valence-electron chi connectivity index (χ0n) is 19.4. The number of hydrogen-bond acceptors (Lipinski definition) is 5. The normalized spacial score (nSPS) is 27.4. The largest absolute Gasteiger partial charge is 0.494 e. The fraction of sp³-hybridized carbons (Fsp3) is 0.583. The van der Waals surface area contributed by atoms with Gasteiger partial charge in [-0.25, -0.2) is 4.39 Å². The lowest BCUT2D eigenvalue weighted by molar-refractivity contribution is 0.00578. The molecule has 0 radical (unpaired) electrons. The maximum atomic E-state index is 15.2. The van der Waals surface area contributed by atoms with Crippen molar-refractivity contribution in [2.24, 2.45) is 0 Å². The highest BCUT2D eigenvalue weighted by Crippen LogP contribution is 2.45. The summed E-state index contributed by atoms with van der Waals surface area (Å²) >= 11 is 4.96. The first-order valence-corrected chi connectivity index (χ1v) is 12.8. The monoisotopic (exact) mass is 524 g/mol. The van der Waals surface area contributed by atoms with E-state index in [4.69, 9.17) is 18.8 Å². The van der Waals surface area contributed by atoms with Crippen LogP contribution >= 0.6 is 27.7 Å². The minimum atomic E-state index is -0.738. The summed E-state index contributed by atoms with van der Waals surface area (Å²) in [7, 11) is 1.06. The van der Waals surface area contributed by atoms with Crippen LogP contribution in [-0.4, -0.2) is 36.5 Å². The predicted molar refractivity (Wildman–Crippen MR) is 131 cm³/mol. The summed E-state index contributed by atoms with van der Waals surface area (Å²) in [6.07, 6.45) is 9.25. The first kappa shape index (κ1) is 24.3. The van der Waals surface area contributed by atoms with Crippen molar-refractivity contribution in [3.8, 4) is 0 Å². The summed E-state index contributed by atoms with van der Waals surface area (Å²) < 4.78 is 40.4. The second-order valence-electron chi connectivity index (χ2n) is 9.70. The smallest absolute Gasteiger partial charge is 0.493 e. The molecule has 1 aromatic carbocycles. The molecule has 1 heterocycles. The van der Waals surface area contributed by atoms with E-state index < -0.39 is 23.3 Å². The number of rotatable bonds is 6. The zero-order valence-corrected chi connectivity index (χ0v) is 21.8. The number of halogens is 2. The van der Waals surface area contributed by atoms with E-state index in [1.165, 1.54) is 30.7 Å². The van der Waals surface area contributed by atoms with Crippen LogP contribution in [0, 0.1) is 5.82 Å². The van der Waals surface area contributed by atoms with Gasteiger partial charge in [0.1, 0.15) is 16.5 Å². The Morgan fingerprint density at radius 1 is 1.12 bits per heavy atom. The van der Waals surface area contributed by atoms with Crippen LogP contribution in [0.1, 0.15) is 59.8 Å². The van der Waals surface area contributed by atoms with Crippen LogP contribution in [-0.2, 0) is 18.8 Å². The highest BCUT2D eigenvalue weighted by Gasteiger charge is 2.51. The van der Waals surface area contributed by atoms with Crippen molar-refractivity contribution in [3.63, 3.8) is 0 Å². The molecule has 0 amide bonds. The van der Waals surface area contributed by atoms with E-state index in [1.54, 1.807) is 13.2 Å². The SMILES string of the molecule is COC1(Sc2ccc(B3OC(C)(C)C(C)(C)O3)cc2F)C=CC(Br)=C(OC2CCCC2)C1. The van der Waals surface area contributed by atoms with Crippen molar-refractivity contribution in [1.82, 2.24) is 0 Å². The first-order chi connectivity index (χ1) is 15.0. The highest BCUT2D eigenvalue weighted by molar-refractivity contribution is 9.11. The number of ether oxygens (including phenoxy) is 2. The van der Waals surface area contributed by atoms with Gasteiger partial charge in [0.2, 0.25) is 0 Å². The molecule has 1 atom stereocenters. The third kappa shape index (κ3) is 4.85. The molecule has 32 heavy (non-hydrogen) atoms. The van der Waals surface area contributed by atoms with Gasteiger partial charge in [-0.05, 0) is 99.1 Å². The molecule has 174 valence electrons. The van der Waals surface area contributed by atoms with Crippen LogP contribution in [0.2, 0.25) is 0 Å². The van der Waals surface area contributed by atoms with Gasteiger partial charge in [-0.1, -0.05) is 17.8 Å². The second kappa shape index (κ2) is 9.10. The van der Waals surface area contributed by atoms with Gasteiger partial charge in [-0.3, -0.25) is 0 Å². The third-order valence-electron chi connectivity index (χ3n) is 6.88. The maximum Gasteiger partial charge on any atom is 0.494 e. The summed E-state index contributed by atoms with van der Waals surface area (Å²) in [6, 6.07) is 5.15. The van der Waals surface area contributed by atoms with Crippen LogP contribution in [0.4, 0.5) is 4.39 Å². The van der Waals surface area contributed by atoms with Crippen molar-refractivity contribution in [3.05, 3.63) is 46.4 Å². The quantitative estimate of drug-likeness (QED) is 0.332. The topological polar surface area (TPSA) is 36.9 Å². The minimum Gasteiger partial charge on any atom is -0.493 e. The van der Waals surface area contributed by atoms with Crippen LogP contribution in [0.3, 0.4) is 0 Å². The number of allylic oxidation sites excluding steroid dienone is 2. The highest BCUT2D eigenvalue weighted by atomic mass is 79.9. The Labute approximate surface area is 203 Å². The third-order valence-corrected chi connectivity index (χ3v) is 8.93. The Morgan fingerprint density at radius 3 is 2.38 bits per heavy atom. The van der Waals surface area contributed by atoms with Gasteiger partial charge in [-0.15, -0.1) is 0 Å². The molecular weight excluding hydrogens is 494 g/mol. The molecule has 2 aliphatic carbocycles. The van der Waals surface area contributed by atoms with E-state index in [0.29, 0.717) is 16.8 Å². The standard InChI is InChI=1S/C24H31BBrFO4S/c1-22(2)23(3,4)31-25(30-22)16-10-11-21(19(27)14-16)32-24(28-5)13-12-18(26)20(15-24)29-17-8-6-7-9-17/h10-14,17H,6-9,15H2,1-5H3. The van der Waals surface area contributed by atoms with Gasteiger partial charge in [0, 0.05) is 18.4 Å². The average molecular weight is 525 g/mol. The van der Waals surface area contributed by atoms with Crippen molar-refractivity contribution in [2.75, 3.05) is 7.11 Å². The fourth-order valence-electron chi connectivity index (χ4n) is 4.13. The molecular formula is C24H31BBrFO4S. The summed E-state index contributed by atoms with van der Waals surface area (Å²) in [4.78, 5) is -0.229. The number of thioether (sulfide) groups is 1. The second-order valence-corrected chi connectivity index (χ2v) is 11.9. The Morgan fingerprint density at radius 2 is 1.78 bits per heavy atom. The lowest BCUT2D eigenvalue weighted by atomic mass is 9.79. The molecule has 3 aliphatic rings. The molecule has 0 spiro atoms. The number of benzene rings is 1. The lowest BCUT2D eigenvalue weighted by Gasteiger charge is -2.33. The van der Waals surface area contributed by atoms with Crippen LogP contribution < -0.4 is 5.46 Å². The van der Waals surface area contributed by atoms with Crippen LogP contribution in [0.5, 0.6) is 0 Å². The number of methoxy groups -OCH3 is 1. The van der Waals surface area contributed by atoms with E-state index in [-0.39, 0.29) is 11.9 Å². The summed E-state index contributed by atoms with van der Waals surface area (Å²) in [6.45, 7) is 7.95. The molecule has 0 bridgehead atoms. The van der Waals surface area contributed by atoms with Crippen LogP contribution in [0.25, 0.3) is 0 Å². The molecule has 0 N–H and O–H groups in total. The Kier molecular flexibility index (Phi) is 6.92. The predicted octanol–water partition coefficient (Wildman–Crippen LogP) is 6.09. The Balaban J connectivity index is 1.50. The maximum absolute atomic E-state index is 15.2. The van der Waals surface area contributed by atoms with Gasteiger partial charge in [-0.2, -0.15) is 0 Å². The summed E-state index contributed by atoms with van der Waals surface area (Å²) in [5, 5.41) is 0. The fourth-order valence-corrected chi connectivity index (χ4v) is 5.58. The molecule has 4 nitrogen and oxygen atoms in total.